The van der Waals surface area contributed by atoms with Gasteiger partial charge in [0.25, 0.3) is 0 Å². The number of nitrogens with zero attached hydrogens (tertiary/aromatic N) is 3. The largest absolute Gasteiger partial charge is 0.490 e. The summed E-state index contributed by atoms with van der Waals surface area (Å²) in [5.41, 5.74) is 1.38. The lowest BCUT2D eigenvalue weighted by Gasteiger charge is -2.38. The Hall–Kier alpha value is -3.80. The number of hydrogen-bond acceptors (Lipinski definition) is 4. The van der Waals surface area contributed by atoms with Crippen LogP contribution in [0, 0.1) is 23.1 Å². The molecule has 1 N–H and O–H groups in total. The maximum atomic E-state index is 13.8. The second-order valence-corrected chi connectivity index (χ2v) is 8.54. The number of carbonyl (C=O) groups is 1. The molecule has 1 saturated carbocycles. The Morgan fingerprint density at radius 2 is 1.94 bits per heavy atom. The maximum Gasteiger partial charge on any atom is 0.249 e. The lowest BCUT2D eigenvalue weighted by atomic mass is 9.78. The van der Waals surface area contributed by atoms with Crippen LogP contribution in [0.25, 0.3) is 0 Å². The van der Waals surface area contributed by atoms with E-state index in [4.69, 9.17) is 10.00 Å². The van der Waals surface area contributed by atoms with Crippen molar-refractivity contribution in [1.82, 2.24) is 9.78 Å². The van der Waals surface area contributed by atoms with Crippen LogP contribution in [0.15, 0.2) is 54.7 Å². The molecule has 176 valence electrons. The molecule has 1 aliphatic rings. The molecule has 34 heavy (non-hydrogen) atoms. The summed E-state index contributed by atoms with van der Waals surface area (Å²) >= 11 is 0. The first-order chi connectivity index (χ1) is 16.2. The van der Waals surface area contributed by atoms with Crippen LogP contribution in [0.1, 0.15) is 36.5 Å². The van der Waals surface area contributed by atoms with E-state index in [-0.39, 0.29) is 49.3 Å². The standard InChI is InChI=1S/C25H23F3N4O2/c1-16(20-12-25(27,28)13-20)34-21-6-3-17(4-7-21)11-24(33)30-23-8-9-32(31-23)15-18-2-5-19(14-29)22(26)10-18/h2-10,16,20H,11-13,15H2,1H3,(H,30,31,33). The average Bonchev–Trinajstić information content (AvgIpc) is 3.20. The zero-order valence-electron chi connectivity index (χ0n) is 18.5. The lowest BCUT2D eigenvalue weighted by molar-refractivity contribution is -0.133. The van der Waals surface area contributed by atoms with Gasteiger partial charge in [-0.2, -0.15) is 10.4 Å². The maximum absolute atomic E-state index is 13.8. The highest BCUT2D eigenvalue weighted by Gasteiger charge is 2.48. The highest BCUT2D eigenvalue weighted by Crippen LogP contribution is 2.44. The third kappa shape index (κ3) is 5.76. The van der Waals surface area contributed by atoms with E-state index in [1.165, 1.54) is 12.1 Å². The fourth-order valence-electron chi connectivity index (χ4n) is 3.86. The number of halogens is 3. The van der Waals surface area contributed by atoms with Crippen molar-refractivity contribution in [3.8, 4) is 11.8 Å². The van der Waals surface area contributed by atoms with Crippen molar-refractivity contribution in [3.05, 3.63) is 77.2 Å². The van der Waals surface area contributed by atoms with E-state index in [0.717, 1.165) is 5.56 Å². The first-order valence-electron chi connectivity index (χ1n) is 10.9. The molecule has 1 aliphatic carbocycles. The first kappa shape index (κ1) is 23.4. The van der Waals surface area contributed by atoms with E-state index in [2.05, 4.69) is 10.4 Å². The van der Waals surface area contributed by atoms with Crippen LogP contribution in [0.5, 0.6) is 5.75 Å². The Labute approximate surface area is 195 Å². The van der Waals surface area contributed by atoms with E-state index < -0.39 is 11.7 Å². The zero-order chi connectivity index (χ0) is 24.3. The van der Waals surface area contributed by atoms with Crippen molar-refractivity contribution in [1.29, 1.82) is 5.26 Å². The number of anilines is 1. The molecule has 0 saturated heterocycles. The quantitative estimate of drug-likeness (QED) is 0.508. The van der Waals surface area contributed by atoms with Crippen molar-refractivity contribution in [3.63, 3.8) is 0 Å². The van der Waals surface area contributed by atoms with Gasteiger partial charge in [-0.25, -0.2) is 13.2 Å². The Kier molecular flexibility index (Phi) is 6.59. The second-order valence-electron chi connectivity index (χ2n) is 8.54. The molecule has 6 nitrogen and oxygen atoms in total. The summed E-state index contributed by atoms with van der Waals surface area (Å²) < 4.78 is 47.1. The van der Waals surface area contributed by atoms with Crippen molar-refractivity contribution in [2.75, 3.05) is 5.32 Å². The minimum atomic E-state index is -2.57. The van der Waals surface area contributed by atoms with Gasteiger partial charge in [0.15, 0.2) is 5.82 Å². The van der Waals surface area contributed by atoms with Crippen LogP contribution in [0.2, 0.25) is 0 Å². The summed E-state index contributed by atoms with van der Waals surface area (Å²) in [7, 11) is 0. The van der Waals surface area contributed by atoms with Crippen molar-refractivity contribution >= 4 is 11.7 Å². The Morgan fingerprint density at radius 3 is 2.59 bits per heavy atom. The van der Waals surface area contributed by atoms with Crippen molar-refractivity contribution in [2.45, 2.75) is 44.8 Å². The smallest absolute Gasteiger partial charge is 0.249 e. The lowest BCUT2D eigenvalue weighted by Crippen LogP contribution is -2.43. The SMILES string of the molecule is CC(Oc1ccc(CC(=O)Nc2ccn(Cc3ccc(C#N)c(F)c3)n2)cc1)C1CC(F)(F)C1. The average molecular weight is 468 g/mol. The number of ether oxygens (including phenoxy) is 1. The summed E-state index contributed by atoms with van der Waals surface area (Å²) in [6.45, 7) is 2.08. The minimum Gasteiger partial charge on any atom is -0.490 e. The third-order valence-electron chi connectivity index (χ3n) is 5.80. The molecule has 1 unspecified atom stereocenters. The molecular weight excluding hydrogens is 445 g/mol. The van der Waals surface area contributed by atoms with Gasteiger partial charge >= 0.3 is 0 Å². The van der Waals surface area contributed by atoms with Gasteiger partial charge in [-0.3, -0.25) is 9.48 Å². The van der Waals surface area contributed by atoms with Gasteiger partial charge in [-0.15, -0.1) is 0 Å². The van der Waals surface area contributed by atoms with Crippen LogP contribution in [-0.2, 0) is 17.8 Å². The minimum absolute atomic E-state index is 0.0192. The molecule has 1 aromatic heterocycles. The molecule has 1 amide bonds. The van der Waals surface area contributed by atoms with Gasteiger partial charge in [-0.1, -0.05) is 18.2 Å². The predicted molar refractivity (Wildman–Crippen MR) is 119 cm³/mol. The van der Waals surface area contributed by atoms with Crippen LogP contribution in [-0.4, -0.2) is 27.7 Å². The fourth-order valence-corrected chi connectivity index (χ4v) is 3.86. The van der Waals surface area contributed by atoms with Crippen LogP contribution < -0.4 is 10.1 Å². The number of hydrogen-bond donors (Lipinski definition) is 1. The van der Waals surface area contributed by atoms with E-state index in [1.807, 2.05) is 0 Å². The van der Waals surface area contributed by atoms with E-state index in [0.29, 0.717) is 17.1 Å². The predicted octanol–water partition coefficient (Wildman–Crippen LogP) is 4.94. The molecule has 2 aromatic carbocycles. The number of alkyl halides is 2. The van der Waals surface area contributed by atoms with E-state index in [1.54, 1.807) is 60.3 Å². The summed E-state index contributed by atoms with van der Waals surface area (Å²) in [6, 6.07) is 14.7. The normalized spacial score (nSPS) is 15.7. The topological polar surface area (TPSA) is 79.9 Å². The fraction of sp³-hybridized carbons (Fsp3) is 0.320. The molecule has 1 fully saturated rings. The molecule has 0 bridgehead atoms. The number of benzene rings is 2. The van der Waals surface area contributed by atoms with Crippen molar-refractivity contribution in [2.24, 2.45) is 5.92 Å². The van der Waals surface area contributed by atoms with E-state index in [9.17, 15) is 18.0 Å². The number of rotatable bonds is 8. The number of amides is 1. The molecule has 9 heteroatoms. The van der Waals surface area contributed by atoms with Crippen molar-refractivity contribution < 1.29 is 22.7 Å². The van der Waals surface area contributed by atoms with Gasteiger partial charge in [0, 0.05) is 31.0 Å². The summed E-state index contributed by atoms with van der Waals surface area (Å²) in [5, 5.41) is 15.8. The van der Waals surface area contributed by atoms with Gasteiger partial charge in [0.2, 0.25) is 11.8 Å². The monoisotopic (exact) mass is 468 g/mol. The van der Waals surface area contributed by atoms with Gasteiger partial charge in [-0.05, 0) is 42.3 Å². The highest BCUT2D eigenvalue weighted by atomic mass is 19.3. The number of carbonyl (C=O) groups excluding carboxylic acids is 1. The van der Waals surface area contributed by atoms with Crippen LogP contribution in [0.3, 0.4) is 0 Å². The van der Waals surface area contributed by atoms with Crippen LogP contribution >= 0.6 is 0 Å². The Bertz CT molecular complexity index is 1210. The first-order valence-corrected chi connectivity index (χ1v) is 10.9. The number of nitrogens with one attached hydrogen (secondary N) is 1. The Morgan fingerprint density at radius 1 is 1.24 bits per heavy atom. The molecule has 0 radical (unpaired) electrons. The van der Waals surface area contributed by atoms with E-state index >= 15 is 0 Å². The van der Waals surface area contributed by atoms with Gasteiger partial charge in [0.05, 0.1) is 24.6 Å². The van der Waals surface area contributed by atoms with Gasteiger partial charge in [0.1, 0.15) is 17.6 Å². The molecule has 0 spiro atoms. The van der Waals surface area contributed by atoms with Gasteiger partial charge < -0.3 is 10.1 Å². The number of nitriles is 1. The molecule has 3 aromatic rings. The highest BCUT2D eigenvalue weighted by molar-refractivity contribution is 5.91. The zero-order valence-corrected chi connectivity index (χ0v) is 18.5. The Balaban J connectivity index is 1.26. The number of aromatic nitrogens is 2. The van der Waals surface area contributed by atoms with Crippen LogP contribution in [0.4, 0.5) is 19.0 Å². The summed E-state index contributed by atoms with van der Waals surface area (Å²) in [4.78, 5) is 12.4. The summed E-state index contributed by atoms with van der Waals surface area (Å²) in [6.07, 6.45) is 1.19. The molecule has 4 rings (SSSR count). The summed E-state index contributed by atoms with van der Waals surface area (Å²) in [5.74, 6) is -2.63. The molecular formula is C25H23F3N4O2. The third-order valence-corrected chi connectivity index (χ3v) is 5.80. The second kappa shape index (κ2) is 9.59. The molecule has 1 heterocycles. The molecule has 1 atom stereocenters. The molecule has 0 aliphatic heterocycles.